The summed E-state index contributed by atoms with van der Waals surface area (Å²) in [6.07, 6.45) is 0. The molecule has 0 radical (unpaired) electrons. The Balaban J connectivity index is 2.09. The van der Waals surface area contributed by atoms with Gasteiger partial charge in [-0.3, -0.25) is 4.79 Å². The molecule has 0 atom stereocenters. The molecule has 2 rings (SSSR count). The minimum absolute atomic E-state index is 0.0485. The first-order valence-electron chi connectivity index (χ1n) is 6.20. The van der Waals surface area contributed by atoms with Gasteiger partial charge in [0.25, 0.3) is 0 Å². The third-order valence-corrected chi connectivity index (χ3v) is 3.05. The predicted molar refractivity (Wildman–Crippen MR) is 79.4 cm³/mol. The number of benzene rings is 2. The van der Waals surface area contributed by atoms with Crippen LogP contribution in [0.1, 0.15) is 12.5 Å². The van der Waals surface area contributed by atoms with E-state index in [0.29, 0.717) is 12.2 Å². The first kappa shape index (κ1) is 15.3. The van der Waals surface area contributed by atoms with Crippen molar-refractivity contribution in [2.24, 2.45) is 0 Å². The zero-order valence-corrected chi connectivity index (χ0v) is 12.0. The van der Waals surface area contributed by atoms with Crippen LogP contribution in [0, 0.1) is 11.6 Å². The van der Waals surface area contributed by atoms with E-state index in [1.165, 1.54) is 31.2 Å². The maximum absolute atomic E-state index is 13.5. The van der Waals surface area contributed by atoms with Gasteiger partial charge in [-0.1, -0.05) is 17.7 Å². The quantitative estimate of drug-likeness (QED) is 0.889. The largest absolute Gasteiger partial charge is 0.381 e. The fourth-order valence-corrected chi connectivity index (χ4v) is 1.98. The van der Waals surface area contributed by atoms with Gasteiger partial charge in [0, 0.05) is 19.2 Å². The lowest BCUT2D eigenvalue weighted by Crippen LogP contribution is -2.08. The molecule has 0 aliphatic heterocycles. The van der Waals surface area contributed by atoms with Crippen LogP contribution in [0.5, 0.6) is 0 Å². The van der Waals surface area contributed by atoms with Crippen LogP contribution in [0.15, 0.2) is 36.4 Å². The van der Waals surface area contributed by atoms with E-state index < -0.39 is 11.6 Å². The van der Waals surface area contributed by atoms with E-state index in [-0.39, 0.29) is 16.6 Å². The summed E-state index contributed by atoms with van der Waals surface area (Å²) in [7, 11) is 0. The minimum atomic E-state index is -0.513. The van der Waals surface area contributed by atoms with E-state index in [4.69, 9.17) is 11.6 Å². The first-order chi connectivity index (χ1) is 9.95. The molecule has 3 nitrogen and oxygen atoms in total. The van der Waals surface area contributed by atoms with E-state index in [0.717, 1.165) is 5.56 Å². The zero-order chi connectivity index (χ0) is 15.4. The van der Waals surface area contributed by atoms with Crippen molar-refractivity contribution in [1.82, 2.24) is 0 Å². The fourth-order valence-electron chi connectivity index (χ4n) is 1.77. The first-order valence-corrected chi connectivity index (χ1v) is 6.58. The summed E-state index contributed by atoms with van der Waals surface area (Å²) in [5, 5.41) is 5.50. The normalized spacial score (nSPS) is 10.3. The monoisotopic (exact) mass is 310 g/mol. The number of nitrogens with one attached hydrogen (secondary N) is 2. The molecule has 1 amide bonds. The van der Waals surface area contributed by atoms with Gasteiger partial charge in [-0.2, -0.15) is 0 Å². The number of amides is 1. The van der Waals surface area contributed by atoms with Crippen LogP contribution in [0.4, 0.5) is 20.2 Å². The van der Waals surface area contributed by atoms with Gasteiger partial charge >= 0.3 is 0 Å². The minimum Gasteiger partial charge on any atom is -0.381 e. The van der Waals surface area contributed by atoms with Crippen molar-refractivity contribution in [3.63, 3.8) is 0 Å². The molecule has 0 aliphatic rings. The summed E-state index contributed by atoms with van der Waals surface area (Å²) in [6, 6.07) is 8.69. The molecule has 0 unspecified atom stereocenters. The Morgan fingerprint density at radius 1 is 1.14 bits per heavy atom. The lowest BCUT2D eigenvalue weighted by Gasteiger charge is -2.10. The highest BCUT2D eigenvalue weighted by atomic mass is 35.5. The van der Waals surface area contributed by atoms with E-state index >= 15 is 0 Å². The number of hydrogen-bond acceptors (Lipinski definition) is 2. The Hall–Kier alpha value is -2.14. The Morgan fingerprint density at radius 2 is 1.86 bits per heavy atom. The van der Waals surface area contributed by atoms with Crippen LogP contribution in [0.2, 0.25) is 5.02 Å². The van der Waals surface area contributed by atoms with Crippen LogP contribution >= 0.6 is 11.6 Å². The highest BCUT2D eigenvalue weighted by molar-refractivity contribution is 6.30. The smallest absolute Gasteiger partial charge is 0.221 e. The Bertz CT molecular complexity index is 677. The zero-order valence-electron chi connectivity index (χ0n) is 11.2. The summed E-state index contributed by atoms with van der Waals surface area (Å²) < 4.78 is 26.5. The Morgan fingerprint density at radius 3 is 2.52 bits per heavy atom. The van der Waals surface area contributed by atoms with Crippen molar-refractivity contribution < 1.29 is 13.6 Å². The van der Waals surface area contributed by atoms with Gasteiger partial charge in [-0.25, -0.2) is 8.78 Å². The third kappa shape index (κ3) is 4.16. The molecule has 110 valence electrons. The van der Waals surface area contributed by atoms with Crippen LogP contribution in [-0.2, 0) is 11.3 Å². The van der Waals surface area contributed by atoms with E-state index in [1.54, 1.807) is 12.1 Å². The second-order valence-electron chi connectivity index (χ2n) is 4.48. The summed E-state index contributed by atoms with van der Waals surface area (Å²) in [5.41, 5.74) is 1.51. The maximum atomic E-state index is 13.5. The molecule has 0 saturated carbocycles. The summed E-state index contributed by atoms with van der Waals surface area (Å²) in [4.78, 5) is 11.0. The van der Waals surface area contributed by atoms with E-state index in [9.17, 15) is 13.6 Å². The summed E-state index contributed by atoms with van der Waals surface area (Å²) >= 11 is 5.70. The molecule has 2 aromatic rings. The Kier molecular flexibility index (Phi) is 4.75. The number of rotatable bonds is 4. The average Bonchev–Trinajstić information content (AvgIpc) is 2.43. The fraction of sp³-hybridized carbons (Fsp3) is 0.133. The number of anilines is 2. The van der Waals surface area contributed by atoms with E-state index in [2.05, 4.69) is 10.6 Å². The molecule has 21 heavy (non-hydrogen) atoms. The van der Waals surface area contributed by atoms with Crippen molar-refractivity contribution in [1.29, 1.82) is 0 Å². The molecule has 0 bridgehead atoms. The molecule has 0 fully saturated rings. The molecule has 6 heteroatoms. The number of carbonyl (C=O) groups is 1. The van der Waals surface area contributed by atoms with Crippen LogP contribution in [0.3, 0.4) is 0 Å². The van der Waals surface area contributed by atoms with Crippen molar-refractivity contribution >= 4 is 28.9 Å². The van der Waals surface area contributed by atoms with Crippen LogP contribution in [0.25, 0.3) is 0 Å². The number of hydrogen-bond donors (Lipinski definition) is 2. The second kappa shape index (κ2) is 6.54. The summed E-state index contributed by atoms with van der Waals surface area (Å²) in [5.74, 6) is -1.34. The van der Waals surface area contributed by atoms with Crippen LogP contribution in [-0.4, -0.2) is 5.91 Å². The molecule has 0 saturated heterocycles. The van der Waals surface area contributed by atoms with Gasteiger partial charge in [0.05, 0.1) is 10.7 Å². The lowest BCUT2D eigenvalue weighted by molar-refractivity contribution is -0.114. The topological polar surface area (TPSA) is 41.1 Å². The SMILES string of the molecule is CC(=O)Nc1cc(NCc2ccc(F)c(Cl)c2)ccc1F. The standard InChI is InChI=1S/C15H13ClF2N2O/c1-9(21)20-15-7-11(3-5-14(15)18)19-8-10-2-4-13(17)12(16)6-10/h2-7,19H,8H2,1H3,(H,20,21). The predicted octanol–water partition coefficient (Wildman–Crippen LogP) is 4.19. The van der Waals surface area contributed by atoms with Crippen molar-refractivity contribution in [2.45, 2.75) is 13.5 Å². The molecule has 0 heterocycles. The summed E-state index contributed by atoms with van der Waals surface area (Å²) in [6.45, 7) is 1.70. The molecule has 0 spiro atoms. The highest BCUT2D eigenvalue weighted by Crippen LogP contribution is 2.21. The third-order valence-electron chi connectivity index (χ3n) is 2.76. The van der Waals surface area contributed by atoms with Gasteiger partial charge in [0.2, 0.25) is 5.91 Å². The molecule has 0 aliphatic carbocycles. The number of carbonyl (C=O) groups excluding carboxylic acids is 1. The molecule has 2 aromatic carbocycles. The van der Waals surface area contributed by atoms with Gasteiger partial charge in [-0.15, -0.1) is 0 Å². The molecule has 0 aromatic heterocycles. The van der Waals surface area contributed by atoms with Gasteiger partial charge in [0.1, 0.15) is 11.6 Å². The highest BCUT2D eigenvalue weighted by Gasteiger charge is 2.06. The average molecular weight is 311 g/mol. The number of halogens is 3. The van der Waals surface area contributed by atoms with Crippen molar-refractivity contribution in [3.8, 4) is 0 Å². The van der Waals surface area contributed by atoms with Gasteiger partial charge in [0.15, 0.2) is 0 Å². The van der Waals surface area contributed by atoms with Crippen molar-refractivity contribution in [2.75, 3.05) is 10.6 Å². The van der Waals surface area contributed by atoms with Gasteiger partial charge < -0.3 is 10.6 Å². The Labute approximate surface area is 125 Å². The molecule has 2 N–H and O–H groups in total. The van der Waals surface area contributed by atoms with Crippen LogP contribution < -0.4 is 10.6 Å². The second-order valence-corrected chi connectivity index (χ2v) is 4.89. The maximum Gasteiger partial charge on any atom is 0.221 e. The van der Waals surface area contributed by atoms with E-state index in [1.807, 2.05) is 0 Å². The van der Waals surface area contributed by atoms with Crippen molar-refractivity contribution in [3.05, 3.63) is 58.6 Å². The molecular weight excluding hydrogens is 298 g/mol. The molecular formula is C15H13ClF2N2O. The lowest BCUT2D eigenvalue weighted by atomic mass is 10.2. The van der Waals surface area contributed by atoms with Gasteiger partial charge in [-0.05, 0) is 35.9 Å².